The highest BCUT2D eigenvalue weighted by Gasteiger charge is 2.30. The maximum absolute atomic E-state index is 11.7. The van der Waals surface area contributed by atoms with Gasteiger partial charge in [-0.2, -0.15) is 0 Å². The summed E-state index contributed by atoms with van der Waals surface area (Å²) >= 11 is 5.01. The maximum Gasteiger partial charge on any atom is 0.154 e. The number of aryl methyl sites for hydroxylation is 1. The van der Waals surface area contributed by atoms with Crippen LogP contribution in [0.25, 0.3) is 0 Å². The molecule has 1 aromatic carbocycles. The van der Waals surface area contributed by atoms with E-state index in [9.17, 15) is 8.42 Å². The van der Waals surface area contributed by atoms with Crippen molar-refractivity contribution in [1.29, 1.82) is 0 Å². The third-order valence-corrected chi connectivity index (χ3v) is 5.60. The lowest BCUT2D eigenvalue weighted by molar-refractivity contribution is 0.560. The van der Waals surface area contributed by atoms with Crippen LogP contribution < -0.4 is 11.1 Å². The molecule has 1 rings (SSSR count). The summed E-state index contributed by atoms with van der Waals surface area (Å²) in [7, 11) is -3.15. The normalized spacial score (nSPS) is 12.2. The molecule has 0 amide bonds. The minimum absolute atomic E-state index is 0.295. The van der Waals surface area contributed by atoms with Gasteiger partial charge in [0.2, 0.25) is 0 Å². The van der Waals surface area contributed by atoms with Gasteiger partial charge in [0, 0.05) is 24.1 Å². The van der Waals surface area contributed by atoms with E-state index >= 15 is 0 Å². The van der Waals surface area contributed by atoms with Crippen molar-refractivity contribution in [3.8, 4) is 0 Å². The Balaban J connectivity index is 3.05. The fourth-order valence-electron chi connectivity index (χ4n) is 1.54. The maximum atomic E-state index is 11.7. The smallest absolute Gasteiger partial charge is 0.154 e. The van der Waals surface area contributed by atoms with Gasteiger partial charge in [0.1, 0.15) is 4.99 Å². The summed E-state index contributed by atoms with van der Waals surface area (Å²) in [4.78, 5) is 0.295. The molecule has 6 heteroatoms. The molecule has 0 aliphatic carbocycles. The zero-order valence-corrected chi connectivity index (χ0v) is 13.3. The van der Waals surface area contributed by atoms with Crippen molar-refractivity contribution >= 4 is 32.7 Å². The van der Waals surface area contributed by atoms with Gasteiger partial charge in [-0.25, -0.2) is 8.42 Å². The summed E-state index contributed by atoms with van der Waals surface area (Å²) in [5.74, 6) is 0. The molecular formula is C13H20N2O2S2. The lowest BCUT2D eigenvalue weighted by Gasteiger charge is -2.25. The van der Waals surface area contributed by atoms with Crippen LogP contribution >= 0.6 is 12.2 Å². The minimum atomic E-state index is -3.15. The third kappa shape index (κ3) is 3.67. The predicted molar refractivity (Wildman–Crippen MR) is 84.5 cm³/mol. The first-order chi connectivity index (χ1) is 8.56. The number of para-hydroxylation sites is 1. The average molecular weight is 300 g/mol. The molecule has 0 aliphatic heterocycles. The molecule has 0 heterocycles. The highest BCUT2D eigenvalue weighted by Crippen LogP contribution is 2.23. The van der Waals surface area contributed by atoms with Crippen molar-refractivity contribution in [2.75, 3.05) is 18.1 Å². The highest BCUT2D eigenvalue weighted by atomic mass is 32.2. The van der Waals surface area contributed by atoms with E-state index in [1.807, 2.05) is 25.1 Å². The largest absolute Gasteiger partial charge is 0.389 e. The van der Waals surface area contributed by atoms with Gasteiger partial charge in [-0.15, -0.1) is 0 Å². The Hall–Kier alpha value is -1.14. The van der Waals surface area contributed by atoms with Crippen molar-refractivity contribution in [2.45, 2.75) is 25.5 Å². The fourth-order valence-corrected chi connectivity index (χ4v) is 2.04. The van der Waals surface area contributed by atoms with E-state index in [2.05, 4.69) is 5.32 Å². The van der Waals surface area contributed by atoms with Crippen molar-refractivity contribution < 1.29 is 8.42 Å². The van der Waals surface area contributed by atoms with Crippen LogP contribution in [-0.4, -0.2) is 31.0 Å². The van der Waals surface area contributed by atoms with Gasteiger partial charge in [-0.1, -0.05) is 24.4 Å². The molecule has 106 valence electrons. The van der Waals surface area contributed by atoms with E-state index in [0.29, 0.717) is 11.5 Å². The zero-order valence-electron chi connectivity index (χ0n) is 11.6. The van der Waals surface area contributed by atoms with E-state index in [1.165, 1.54) is 6.26 Å². The molecule has 19 heavy (non-hydrogen) atoms. The Bertz CT molecular complexity index is 593. The third-order valence-electron chi connectivity index (χ3n) is 3.23. The molecule has 0 aromatic heterocycles. The number of thiocarbonyl (C=S) groups is 1. The quantitative estimate of drug-likeness (QED) is 0.812. The van der Waals surface area contributed by atoms with Crippen LogP contribution in [0.5, 0.6) is 0 Å². The Morgan fingerprint density at radius 3 is 2.47 bits per heavy atom. The first-order valence-corrected chi connectivity index (χ1v) is 8.19. The monoisotopic (exact) mass is 300 g/mol. The number of sulfone groups is 1. The van der Waals surface area contributed by atoms with Gasteiger partial charge in [0.15, 0.2) is 9.84 Å². The van der Waals surface area contributed by atoms with E-state index in [-0.39, 0.29) is 0 Å². The number of hydrogen-bond donors (Lipinski definition) is 2. The second-order valence-corrected chi connectivity index (χ2v) is 8.34. The summed E-state index contributed by atoms with van der Waals surface area (Å²) in [6, 6.07) is 5.62. The van der Waals surface area contributed by atoms with Crippen molar-refractivity contribution in [3.05, 3.63) is 29.3 Å². The molecule has 0 aliphatic rings. The summed E-state index contributed by atoms with van der Waals surface area (Å²) in [5.41, 5.74) is 8.20. The first-order valence-electron chi connectivity index (χ1n) is 5.89. The molecule has 0 atom stereocenters. The zero-order chi connectivity index (χ0) is 14.8. The van der Waals surface area contributed by atoms with Gasteiger partial charge in [-0.3, -0.25) is 0 Å². The average Bonchev–Trinajstić information content (AvgIpc) is 2.25. The Kier molecular flexibility index (Phi) is 4.58. The van der Waals surface area contributed by atoms with Gasteiger partial charge in [-0.05, 0) is 32.4 Å². The van der Waals surface area contributed by atoms with Crippen LogP contribution in [0.15, 0.2) is 18.2 Å². The number of anilines is 1. The summed E-state index contributed by atoms with van der Waals surface area (Å²) in [6.45, 7) is 5.60. The van der Waals surface area contributed by atoms with Crippen molar-refractivity contribution in [2.24, 2.45) is 5.73 Å². The molecule has 0 bridgehead atoms. The Labute approximate surface area is 120 Å². The summed E-state index contributed by atoms with van der Waals surface area (Å²) < 4.78 is 22.5. The molecule has 1 aromatic rings. The van der Waals surface area contributed by atoms with Crippen LogP contribution in [0.1, 0.15) is 25.0 Å². The lowest BCUT2D eigenvalue weighted by Crippen LogP contribution is -2.38. The molecule has 0 saturated carbocycles. The van der Waals surface area contributed by atoms with Gasteiger partial charge in [0.05, 0.1) is 4.75 Å². The van der Waals surface area contributed by atoms with Gasteiger partial charge < -0.3 is 11.1 Å². The molecule has 0 spiro atoms. The van der Waals surface area contributed by atoms with Crippen molar-refractivity contribution in [3.63, 3.8) is 0 Å². The van der Waals surface area contributed by atoms with Crippen LogP contribution in [0, 0.1) is 6.92 Å². The van der Waals surface area contributed by atoms with Crippen LogP contribution in [0.2, 0.25) is 0 Å². The molecule has 3 N–H and O–H groups in total. The number of benzene rings is 1. The molecule has 0 unspecified atom stereocenters. The van der Waals surface area contributed by atoms with E-state index < -0.39 is 14.6 Å². The van der Waals surface area contributed by atoms with E-state index in [4.69, 9.17) is 18.0 Å². The second-order valence-electron chi connectivity index (χ2n) is 5.25. The second kappa shape index (κ2) is 5.46. The Morgan fingerprint density at radius 2 is 2.00 bits per heavy atom. The summed E-state index contributed by atoms with van der Waals surface area (Å²) in [6.07, 6.45) is 1.24. The van der Waals surface area contributed by atoms with Gasteiger partial charge >= 0.3 is 0 Å². The molecule has 0 radical (unpaired) electrons. The topological polar surface area (TPSA) is 72.2 Å². The first kappa shape index (κ1) is 15.9. The van der Waals surface area contributed by atoms with Crippen LogP contribution in [0.3, 0.4) is 0 Å². The number of nitrogens with two attached hydrogens (primary N) is 1. The summed E-state index contributed by atoms with van der Waals surface area (Å²) in [5, 5.41) is 3.16. The minimum Gasteiger partial charge on any atom is -0.389 e. The lowest BCUT2D eigenvalue weighted by atomic mass is 10.1. The van der Waals surface area contributed by atoms with E-state index in [0.717, 1.165) is 16.8 Å². The Morgan fingerprint density at radius 1 is 1.42 bits per heavy atom. The number of nitrogens with one attached hydrogen (secondary N) is 1. The van der Waals surface area contributed by atoms with Crippen molar-refractivity contribution in [1.82, 2.24) is 0 Å². The predicted octanol–water partition coefficient (Wildman–Crippen LogP) is 1.86. The fraction of sp³-hybridized carbons (Fsp3) is 0.462. The van der Waals surface area contributed by atoms with Crippen LogP contribution in [0.4, 0.5) is 5.69 Å². The highest BCUT2D eigenvalue weighted by molar-refractivity contribution is 7.92. The molecular weight excluding hydrogens is 280 g/mol. The van der Waals surface area contributed by atoms with E-state index in [1.54, 1.807) is 13.8 Å². The number of hydrogen-bond acceptors (Lipinski definition) is 4. The van der Waals surface area contributed by atoms with Crippen LogP contribution in [-0.2, 0) is 9.84 Å². The standard InChI is InChI=1S/C13H20N2O2S2/c1-9-6-5-7-10(12(14)18)11(9)15-8-13(2,3)19(4,16)17/h5-7,15H,8H2,1-4H3,(H2,14,18). The molecule has 0 fully saturated rings. The number of rotatable bonds is 5. The van der Waals surface area contributed by atoms with Gasteiger partial charge in [0.25, 0.3) is 0 Å². The SMILES string of the molecule is Cc1cccc(C(N)=S)c1NCC(C)(C)S(C)(=O)=O. The molecule has 4 nitrogen and oxygen atoms in total. The molecule has 0 saturated heterocycles.